The van der Waals surface area contributed by atoms with Gasteiger partial charge in [0.25, 0.3) is 0 Å². The number of hydrogen-bond acceptors (Lipinski definition) is 5. The minimum absolute atomic E-state index is 0.243. The molecule has 1 aromatic carbocycles. The number of hydrogen-bond donors (Lipinski definition) is 3. The molecule has 9 heteroatoms. The quantitative estimate of drug-likeness (QED) is 0.275. The molecule has 0 aromatic heterocycles. The Balaban J connectivity index is 1.97. The molecule has 0 spiro atoms. The lowest BCUT2D eigenvalue weighted by Crippen LogP contribution is -2.48. The average Bonchev–Trinajstić information content (AvgIpc) is 2.74. The number of nitrogens with one attached hydrogen (secondary N) is 3. The largest absolute Gasteiger partial charge is 0.383 e. The monoisotopic (exact) mass is 439 g/mol. The summed E-state index contributed by atoms with van der Waals surface area (Å²) in [6, 6.07) is 7.32. The number of likely N-dealkylation sites (tertiary alicyclic amines) is 1. The van der Waals surface area contributed by atoms with Crippen molar-refractivity contribution < 1.29 is 13.2 Å². The third-order valence-electron chi connectivity index (χ3n) is 5.04. The molecule has 170 valence electrons. The second-order valence-electron chi connectivity index (χ2n) is 7.49. The SMILES string of the molecule is CCCN1CCC(NC(=NCc2cccc(S(=O)(=O)NCCOC)c2)NCC)CC1. The third-order valence-corrected chi connectivity index (χ3v) is 6.50. The Morgan fingerprint density at radius 1 is 1.27 bits per heavy atom. The first-order valence-corrected chi connectivity index (χ1v) is 12.3. The normalized spacial score (nSPS) is 16.6. The number of sulfonamides is 1. The zero-order valence-electron chi connectivity index (χ0n) is 18.5. The van der Waals surface area contributed by atoms with Crippen LogP contribution in [0.3, 0.4) is 0 Å². The molecule has 0 atom stereocenters. The highest BCUT2D eigenvalue weighted by Crippen LogP contribution is 2.13. The maximum Gasteiger partial charge on any atom is 0.240 e. The smallest absolute Gasteiger partial charge is 0.240 e. The Bertz CT molecular complexity index is 762. The molecule has 8 nitrogen and oxygen atoms in total. The predicted molar refractivity (Wildman–Crippen MR) is 121 cm³/mol. The summed E-state index contributed by atoms with van der Waals surface area (Å²) in [4.78, 5) is 7.43. The van der Waals surface area contributed by atoms with Crippen LogP contribution in [0.15, 0.2) is 34.2 Å². The molecule has 30 heavy (non-hydrogen) atoms. The maximum absolute atomic E-state index is 12.4. The Morgan fingerprint density at radius 2 is 2.03 bits per heavy atom. The summed E-state index contributed by atoms with van der Waals surface area (Å²) < 4.78 is 32.3. The van der Waals surface area contributed by atoms with Crippen molar-refractivity contribution in [3.63, 3.8) is 0 Å². The molecule has 2 rings (SSSR count). The van der Waals surface area contributed by atoms with Crippen LogP contribution >= 0.6 is 0 Å². The molecule has 1 aliphatic rings. The molecular formula is C21H37N5O3S. The molecule has 0 bridgehead atoms. The van der Waals surface area contributed by atoms with Crippen LogP contribution in [0.2, 0.25) is 0 Å². The van der Waals surface area contributed by atoms with Gasteiger partial charge in [0.2, 0.25) is 10.0 Å². The minimum Gasteiger partial charge on any atom is -0.383 e. The second-order valence-corrected chi connectivity index (χ2v) is 9.26. The zero-order chi connectivity index (χ0) is 21.8. The van der Waals surface area contributed by atoms with E-state index in [0.717, 1.165) is 44.0 Å². The molecule has 0 radical (unpaired) electrons. The van der Waals surface area contributed by atoms with Crippen molar-refractivity contribution in [2.45, 2.75) is 50.6 Å². The number of nitrogens with zero attached hydrogens (tertiary/aromatic N) is 2. The minimum atomic E-state index is -3.55. The van der Waals surface area contributed by atoms with E-state index in [4.69, 9.17) is 4.74 Å². The van der Waals surface area contributed by atoms with Crippen molar-refractivity contribution in [3.8, 4) is 0 Å². The van der Waals surface area contributed by atoms with Crippen LogP contribution in [-0.4, -0.2) is 71.8 Å². The van der Waals surface area contributed by atoms with Gasteiger partial charge >= 0.3 is 0 Å². The number of benzene rings is 1. The fourth-order valence-corrected chi connectivity index (χ4v) is 4.56. The first kappa shape index (κ1) is 24.6. The van der Waals surface area contributed by atoms with E-state index in [1.165, 1.54) is 20.1 Å². The Kier molecular flexibility index (Phi) is 10.6. The molecule has 1 aromatic rings. The van der Waals surface area contributed by atoms with Crippen molar-refractivity contribution in [2.75, 3.05) is 46.4 Å². The standard InChI is InChI=1S/C21H37N5O3S/c1-4-12-26-13-9-19(10-14-26)25-21(22-5-2)23-17-18-7-6-8-20(16-18)30(27,28)24-11-15-29-3/h6-8,16,19,24H,4-5,9-15,17H2,1-3H3,(H2,22,23,25). The van der Waals surface area contributed by atoms with Gasteiger partial charge in [0.05, 0.1) is 18.0 Å². The van der Waals surface area contributed by atoms with Crippen molar-refractivity contribution in [3.05, 3.63) is 29.8 Å². The Morgan fingerprint density at radius 3 is 2.70 bits per heavy atom. The van der Waals surface area contributed by atoms with Crippen LogP contribution in [0.4, 0.5) is 0 Å². The van der Waals surface area contributed by atoms with Gasteiger partial charge in [0.15, 0.2) is 5.96 Å². The lowest BCUT2D eigenvalue weighted by Gasteiger charge is -2.32. The first-order valence-electron chi connectivity index (χ1n) is 10.8. The van der Waals surface area contributed by atoms with Crippen LogP contribution in [0, 0.1) is 0 Å². The van der Waals surface area contributed by atoms with Gasteiger partial charge in [0, 0.05) is 39.3 Å². The van der Waals surface area contributed by atoms with Crippen LogP contribution in [-0.2, 0) is 21.3 Å². The molecule has 3 N–H and O–H groups in total. The summed E-state index contributed by atoms with van der Waals surface area (Å²) in [6.07, 6.45) is 3.40. The summed E-state index contributed by atoms with van der Waals surface area (Å²) in [5, 5.41) is 6.83. The number of piperidine rings is 1. The van der Waals surface area contributed by atoms with Gasteiger partial charge in [-0.3, -0.25) is 0 Å². The Labute approximate surface area is 181 Å². The highest BCUT2D eigenvalue weighted by atomic mass is 32.2. The van der Waals surface area contributed by atoms with Crippen molar-refractivity contribution >= 4 is 16.0 Å². The highest BCUT2D eigenvalue weighted by molar-refractivity contribution is 7.89. The van der Waals surface area contributed by atoms with Crippen LogP contribution in [0.1, 0.15) is 38.7 Å². The van der Waals surface area contributed by atoms with E-state index in [-0.39, 0.29) is 11.4 Å². The number of methoxy groups -OCH3 is 1. The van der Waals surface area contributed by atoms with Gasteiger partial charge < -0.3 is 20.3 Å². The molecule has 0 amide bonds. The van der Waals surface area contributed by atoms with Gasteiger partial charge in [-0.05, 0) is 50.4 Å². The lowest BCUT2D eigenvalue weighted by atomic mass is 10.1. The lowest BCUT2D eigenvalue weighted by molar-refractivity contribution is 0.204. The van der Waals surface area contributed by atoms with E-state index in [0.29, 0.717) is 19.2 Å². The van der Waals surface area contributed by atoms with Crippen molar-refractivity contribution in [1.82, 2.24) is 20.3 Å². The van der Waals surface area contributed by atoms with E-state index in [1.54, 1.807) is 18.2 Å². The number of rotatable bonds is 11. The number of guanidine groups is 1. The van der Waals surface area contributed by atoms with Crippen LogP contribution in [0.5, 0.6) is 0 Å². The van der Waals surface area contributed by atoms with Crippen LogP contribution in [0.25, 0.3) is 0 Å². The van der Waals surface area contributed by atoms with Crippen LogP contribution < -0.4 is 15.4 Å². The third kappa shape index (κ3) is 8.22. The Hall–Kier alpha value is -1.68. The zero-order valence-corrected chi connectivity index (χ0v) is 19.3. The van der Waals surface area contributed by atoms with E-state index < -0.39 is 10.0 Å². The van der Waals surface area contributed by atoms with Gasteiger partial charge in [-0.2, -0.15) is 0 Å². The number of aliphatic imine (C=N–C) groups is 1. The molecule has 0 saturated carbocycles. The second kappa shape index (κ2) is 12.9. The molecule has 0 unspecified atom stereocenters. The topological polar surface area (TPSA) is 95.1 Å². The van der Waals surface area contributed by atoms with E-state index in [2.05, 4.69) is 32.2 Å². The summed E-state index contributed by atoms with van der Waals surface area (Å²) in [7, 11) is -2.01. The highest BCUT2D eigenvalue weighted by Gasteiger charge is 2.19. The summed E-state index contributed by atoms with van der Waals surface area (Å²) in [6.45, 7) is 9.41. The molecule has 1 saturated heterocycles. The van der Waals surface area contributed by atoms with Crippen molar-refractivity contribution in [2.24, 2.45) is 4.99 Å². The molecular weight excluding hydrogens is 402 g/mol. The molecule has 1 aliphatic heterocycles. The van der Waals surface area contributed by atoms with E-state index >= 15 is 0 Å². The maximum atomic E-state index is 12.4. The summed E-state index contributed by atoms with van der Waals surface area (Å²) in [5.41, 5.74) is 0.847. The summed E-state index contributed by atoms with van der Waals surface area (Å²) >= 11 is 0. The van der Waals surface area contributed by atoms with Gasteiger partial charge in [-0.25, -0.2) is 18.1 Å². The predicted octanol–water partition coefficient (Wildman–Crippen LogP) is 1.54. The summed E-state index contributed by atoms with van der Waals surface area (Å²) in [5.74, 6) is 0.776. The van der Waals surface area contributed by atoms with E-state index in [1.807, 2.05) is 13.0 Å². The van der Waals surface area contributed by atoms with Crippen molar-refractivity contribution in [1.29, 1.82) is 0 Å². The average molecular weight is 440 g/mol. The fraction of sp³-hybridized carbons (Fsp3) is 0.667. The van der Waals surface area contributed by atoms with Gasteiger partial charge in [0.1, 0.15) is 0 Å². The first-order chi connectivity index (χ1) is 14.5. The van der Waals surface area contributed by atoms with Gasteiger partial charge in [-0.1, -0.05) is 19.1 Å². The molecule has 1 fully saturated rings. The molecule has 1 heterocycles. The fourth-order valence-electron chi connectivity index (χ4n) is 3.47. The molecule has 0 aliphatic carbocycles. The number of ether oxygens (including phenoxy) is 1. The van der Waals surface area contributed by atoms with E-state index in [9.17, 15) is 8.42 Å². The van der Waals surface area contributed by atoms with Gasteiger partial charge in [-0.15, -0.1) is 0 Å².